The van der Waals surface area contributed by atoms with Gasteiger partial charge in [-0.3, -0.25) is 14.9 Å². The molecule has 2 amide bonds. The van der Waals surface area contributed by atoms with Crippen LogP contribution in [0.5, 0.6) is 0 Å². The molecule has 30 heavy (non-hydrogen) atoms. The van der Waals surface area contributed by atoms with Crippen molar-refractivity contribution in [2.45, 2.75) is 4.34 Å². The van der Waals surface area contributed by atoms with E-state index >= 15 is 0 Å². The summed E-state index contributed by atoms with van der Waals surface area (Å²) in [6.45, 7) is 0. The minimum absolute atomic E-state index is 0.0649. The Morgan fingerprint density at radius 2 is 1.93 bits per heavy atom. The van der Waals surface area contributed by atoms with Gasteiger partial charge in [0.15, 0.2) is 9.35 Å². The molecule has 0 fully saturated rings. The first-order chi connectivity index (χ1) is 14.5. The number of hydrogen-bond acceptors (Lipinski definition) is 8. The number of amides is 2. The van der Waals surface area contributed by atoms with E-state index in [9.17, 15) is 14.0 Å². The highest BCUT2D eigenvalue weighted by molar-refractivity contribution is 8.01. The third-order valence-corrected chi connectivity index (χ3v) is 6.94. The summed E-state index contributed by atoms with van der Waals surface area (Å²) in [7, 11) is 0. The monoisotopic (exact) mass is 479 g/mol. The van der Waals surface area contributed by atoms with E-state index in [-0.39, 0.29) is 22.6 Å². The molecule has 0 spiro atoms. The Morgan fingerprint density at radius 3 is 2.73 bits per heavy atom. The number of halogens is 2. The van der Waals surface area contributed by atoms with Crippen molar-refractivity contribution in [3.63, 3.8) is 0 Å². The maximum absolute atomic E-state index is 13.2. The van der Waals surface area contributed by atoms with Gasteiger partial charge in [-0.15, -0.1) is 21.5 Å². The molecule has 0 saturated heterocycles. The SMILES string of the molecule is O=C(CSc1nnc(NC(=O)c2nc3ccccc3s2)s1)Nc1ccc(F)c(Cl)c1. The van der Waals surface area contributed by atoms with E-state index in [1.165, 1.54) is 29.5 Å². The lowest BCUT2D eigenvalue weighted by Gasteiger charge is -2.04. The van der Waals surface area contributed by atoms with E-state index in [1.54, 1.807) is 0 Å². The molecule has 0 aliphatic carbocycles. The summed E-state index contributed by atoms with van der Waals surface area (Å²) in [6, 6.07) is 11.4. The van der Waals surface area contributed by atoms with Crippen LogP contribution in [0.2, 0.25) is 5.02 Å². The van der Waals surface area contributed by atoms with Crippen LogP contribution in [-0.4, -0.2) is 32.7 Å². The third kappa shape index (κ3) is 4.93. The highest BCUT2D eigenvalue weighted by Crippen LogP contribution is 2.27. The second kappa shape index (κ2) is 9.04. The van der Waals surface area contributed by atoms with Gasteiger partial charge in [0.1, 0.15) is 5.82 Å². The molecule has 7 nitrogen and oxygen atoms in total. The summed E-state index contributed by atoms with van der Waals surface area (Å²) >= 11 is 9.30. The van der Waals surface area contributed by atoms with Gasteiger partial charge in [0.05, 0.1) is 21.0 Å². The number of para-hydroxylation sites is 1. The number of benzene rings is 2. The molecule has 0 aliphatic rings. The summed E-state index contributed by atoms with van der Waals surface area (Å²) in [6.07, 6.45) is 0. The Balaban J connectivity index is 1.31. The molecule has 0 bridgehead atoms. The first-order valence-electron chi connectivity index (χ1n) is 8.36. The average molecular weight is 480 g/mol. The molecule has 152 valence electrons. The second-order valence-electron chi connectivity index (χ2n) is 5.78. The van der Waals surface area contributed by atoms with E-state index in [2.05, 4.69) is 25.8 Å². The van der Waals surface area contributed by atoms with Gasteiger partial charge < -0.3 is 5.32 Å². The Hall–Kier alpha value is -2.60. The van der Waals surface area contributed by atoms with Crippen LogP contribution in [0.1, 0.15) is 9.80 Å². The minimum atomic E-state index is -0.557. The number of hydrogen-bond donors (Lipinski definition) is 2. The van der Waals surface area contributed by atoms with Gasteiger partial charge in [-0.25, -0.2) is 9.37 Å². The summed E-state index contributed by atoms with van der Waals surface area (Å²) in [5, 5.41) is 13.7. The van der Waals surface area contributed by atoms with Crippen LogP contribution in [-0.2, 0) is 4.79 Å². The number of carbonyl (C=O) groups is 2. The van der Waals surface area contributed by atoms with Crippen molar-refractivity contribution in [2.75, 3.05) is 16.4 Å². The van der Waals surface area contributed by atoms with E-state index in [1.807, 2.05) is 24.3 Å². The van der Waals surface area contributed by atoms with E-state index < -0.39 is 5.82 Å². The van der Waals surface area contributed by atoms with Gasteiger partial charge in [-0.05, 0) is 30.3 Å². The first kappa shape index (κ1) is 20.7. The van der Waals surface area contributed by atoms with Gasteiger partial charge in [-0.2, -0.15) is 0 Å². The normalized spacial score (nSPS) is 10.9. The van der Waals surface area contributed by atoms with Crippen LogP contribution < -0.4 is 10.6 Å². The lowest BCUT2D eigenvalue weighted by molar-refractivity contribution is -0.113. The highest BCUT2D eigenvalue weighted by Gasteiger charge is 2.15. The Morgan fingerprint density at radius 1 is 1.10 bits per heavy atom. The fourth-order valence-electron chi connectivity index (χ4n) is 2.34. The zero-order valence-corrected chi connectivity index (χ0v) is 18.1. The Kier molecular flexibility index (Phi) is 6.23. The smallest absolute Gasteiger partial charge is 0.286 e. The molecule has 2 heterocycles. The first-order valence-corrected chi connectivity index (χ1v) is 11.4. The fraction of sp³-hybridized carbons (Fsp3) is 0.0556. The van der Waals surface area contributed by atoms with Crippen molar-refractivity contribution in [1.82, 2.24) is 15.2 Å². The summed E-state index contributed by atoms with van der Waals surface area (Å²) in [5.41, 5.74) is 1.16. The van der Waals surface area contributed by atoms with Crippen molar-refractivity contribution >= 4 is 78.9 Å². The molecule has 0 saturated carbocycles. The lowest BCUT2D eigenvalue weighted by atomic mass is 10.3. The number of aromatic nitrogens is 3. The number of nitrogens with one attached hydrogen (secondary N) is 2. The Bertz CT molecular complexity index is 1210. The Labute approximate surface area is 186 Å². The number of anilines is 2. The maximum atomic E-state index is 13.2. The standard InChI is InChI=1S/C18H11ClFN5O2S3/c19-10-7-9(5-6-11(10)20)21-14(26)8-28-18-25-24-17(30-18)23-15(27)16-22-12-3-1-2-4-13(12)29-16/h1-7H,8H2,(H,21,26)(H,23,24,27). The predicted octanol–water partition coefficient (Wildman–Crippen LogP) is 4.92. The van der Waals surface area contributed by atoms with Crippen LogP contribution in [0.15, 0.2) is 46.8 Å². The van der Waals surface area contributed by atoms with Gasteiger partial charge in [0, 0.05) is 5.69 Å². The molecule has 12 heteroatoms. The predicted molar refractivity (Wildman–Crippen MR) is 118 cm³/mol. The molecule has 4 rings (SSSR count). The third-order valence-electron chi connectivity index (χ3n) is 3.65. The van der Waals surface area contributed by atoms with Crippen molar-refractivity contribution in [1.29, 1.82) is 0 Å². The number of fused-ring (bicyclic) bond motifs is 1. The molecule has 0 atom stereocenters. The van der Waals surface area contributed by atoms with Crippen molar-refractivity contribution < 1.29 is 14.0 Å². The topological polar surface area (TPSA) is 96.9 Å². The molecule has 2 aromatic carbocycles. The number of nitrogens with zero attached hydrogens (tertiary/aromatic N) is 3. The molecule has 4 aromatic rings. The molecule has 2 aromatic heterocycles. The van der Waals surface area contributed by atoms with Crippen LogP contribution in [0.25, 0.3) is 10.2 Å². The number of carbonyl (C=O) groups excluding carboxylic acids is 2. The van der Waals surface area contributed by atoms with Crippen LogP contribution in [0.4, 0.5) is 15.2 Å². The maximum Gasteiger partial charge on any atom is 0.286 e. The van der Waals surface area contributed by atoms with E-state index in [0.29, 0.717) is 20.2 Å². The molecule has 0 radical (unpaired) electrons. The van der Waals surface area contributed by atoms with Crippen LogP contribution >= 0.6 is 46.0 Å². The number of thiazole rings is 1. The quantitative estimate of drug-likeness (QED) is 0.301. The van der Waals surface area contributed by atoms with Crippen LogP contribution in [0, 0.1) is 5.82 Å². The number of thioether (sulfide) groups is 1. The van der Waals surface area contributed by atoms with Crippen molar-refractivity contribution in [3.05, 3.63) is 58.3 Å². The lowest BCUT2D eigenvalue weighted by Crippen LogP contribution is -2.13. The summed E-state index contributed by atoms with van der Waals surface area (Å²) < 4.78 is 14.6. The van der Waals surface area contributed by atoms with Gasteiger partial charge in [0.25, 0.3) is 5.91 Å². The zero-order chi connectivity index (χ0) is 21.1. The minimum Gasteiger partial charge on any atom is -0.325 e. The van der Waals surface area contributed by atoms with Crippen molar-refractivity contribution in [3.8, 4) is 0 Å². The summed E-state index contributed by atoms with van der Waals surface area (Å²) in [4.78, 5) is 28.7. The van der Waals surface area contributed by atoms with Gasteiger partial charge >= 0.3 is 0 Å². The largest absolute Gasteiger partial charge is 0.325 e. The van der Waals surface area contributed by atoms with Crippen LogP contribution in [0.3, 0.4) is 0 Å². The highest BCUT2D eigenvalue weighted by atomic mass is 35.5. The molecular formula is C18H11ClFN5O2S3. The van der Waals surface area contributed by atoms with Crippen molar-refractivity contribution in [2.24, 2.45) is 0 Å². The molecule has 0 unspecified atom stereocenters. The average Bonchev–Trinajstić information content (AvgIpc) is 3.36. The molecule has 0 aliphatic heterocycles. The fourth-order valence-corrected chi connectivity index (χ4v) is 4.93. The molecule has 2 N–H and O–H groups in total. The van der Waals surface area contributed by atoms with Gasteiger partial charge in [-0.1, -0.05) is 46.8 Å². The zero-order valence-electron chi connectivity index (χ0n) is 14.9. The number of rotatable bonds is 6. The van der Waals surface area contributed by atoms with Gasteiger partial charge in [0.2, 0.25) is 11.0 Å². The van der Waals surface area contributed by atoms with E-state index in [4.69, 9.17) is 11.6 Å². The molecular weight excluding hydrogens is 469 g/mol. The second-order valence-corrected chi connectivity index (χ2v) is 9.42. The van der Waals surface area contributed by atoms with E-state index in [0.717, 1.165) is 33.3 Å². The summed E-state index contributed by atoms with van der Waals surface area (Å²) in [5.74, 6) is -1.17.